The van der Waals surface area contributed by atoms with Crippen LogP contribution in [0.15, 0.2) is 193 Å². The van der Waals surface area contributed by atoms with E-state index in [-0.39, 0.29) is 11.3 Å². The number of hydrogen-bond acceptors (Lipinski definition) is 2. The third-order valence-corrected chi connectivity index (χ3v) is 10.5. The van der Waals surface area contributed by atoms with Crippen LogP contribution < -0.4 is 5.73 Å². The Kier molecular flexibility index (Phi) is 8.67. The molecule has 2 nitrogen and oxygen atoms in total. The lowest BCUT2D eigenvalue weighted by molar-refractivity contribution is 0.394. The first-order chi connectivity index (χ1) is 24.7. The SMILES string of the molecule is NC(=CC(=CC=Nc1cccc(C2(c3ccccc3)c3ccccc3C3CCC=CC32)c1-c1ccccc1)c1ccccc1)c1ccccc1. The number of benzene rings is 6. The van der Waals surface area contributed by atoms with Gasteiger partial charge < -0.3 is 5.73 Å². The predicted molar refractivity (Wildman–Crippen MR) is 210 cm³/mol. The van der Waals surface area contributed by atoms with Crippen molar-refractivity contribution in [2.75, 3.05) is 0 Å². The first kappa shape index (κ1) is 31.3. The summed E-state index contributed by atoms with van der Waals surface area (Å²) in [4.78, 5) is 5.26. The van der Waals surface area contributed by atoms with Gasteiger partial charge in [-0.2, -0.15) is 0 Å². The number of aliphatic imine (C=N–C) groups is 1. The van der Waals surface area contributed by atoms with Gasteiger partial charge in [-0.25, -0.2) is 0 Å². The molecule has 0 spiro atoms. The fourth-order valence-corrected chi connectivity index (χ4v) is 8.34. The molecule has 6 aromatic carbocycles. The molecule has 6 aromatic rings. The molecule has 3 unspecified atom stereocenters. The molecule has 0 bridgehead atoms. The van der Waals surface area contributed by atoms with Crippen molar-refractivity contribution < 1.29 is 0 Å². The Morgan fingerprint density at radius 2 is 1.26 bits per heavy atom. The van der Waals surface area contributed by atoms with Gasteiger partial charge in [0.05, 0.1) is 11.1 Å². The van der Waals surface area contributed by atoms with E-state index in [1.54, 1.807) is 0 Å². The van der Waals surface area contributed by atoms with Crippen molar-refractivity contribution in [3.8, 4) is 11.1 Å². The van der Waals surface area contributed by atoms with E-state index in [9.17, 15) is 0 Å². The van der Waals surface area contributed by atoms with Crippen LogP contribution in [-0.2, 0) is 5.41 Å². The van der Waals surface area contributed by atoms with E-state index in [2.05, 4.69) is 146 Å². The van der Waals surface area contributed by atoms with E-state index in [0.29, 0.717) is 11.6 Å². The number of fused-ring (bicyclic) bond motifs is 3. The van der Waals surface area contributed by atoms with Gasteiger partial charge in [0.2, 0.25) is 0 Å². The second kappa shape index (κ2) is 13.9. The van der Waals surface area contributed by atoms with E-state index in [1.807, 2.05) is 48.7 Å². The quantitative estimate of drug-likeness (QED) is 0.0999. The van der Waals surface area contributed by atoms with Crippen LogP contribution in [0.4, 0.5) is 5.69 Å². The Bertz CT molecular complexity index is 2210. The molecule has 0 heterocycles. The van der Waals surface area contributed by atoms with Crippen LogP contribution in [0.3, 0.4) is 0 Å². The molecule has 0 aliphatic heterocycles. The Hall–Kier alpha value is -5.99. The molecule has 0 saturated carbocycles. The zero-order chi connectivity index (χ0) is 33.8. The van der Waals surface area contributed by atoms with Gasteiger partial charge in [-0.05, 0) is 81.5 Å². The summed E-state index contributed by atoms with van der Waals surface area (Å²) in [6.45, 7) is 0. The van der Waals surface area contributed by atoms with E-state index in [4.69, 9.17) is 10.7 Å². The van der Waals surface area contributed by atoms with Crippen LogP contribution in [0, 0.1) is 5.92 Å². The van der Waals surface area contributed by atoms with E-state index >= 15 is 0 Å². The van der Waals surface area contributed by atoms with Crippen molar-refractivity contribution in [1.29, 1.82) is 0 Å². The Morgan fingerprint density at radius 1 is 0.640 bits per heavy atom. The molecule has 3 atom stereocenters. The zero-order valence-electron chi connectivity index (χ0n) is 28.1. The number of nitrogens with two attached hydrogens (primary N) is 1. The molecule has 242 valence electrons. The maximum Gasteiger partial charge on any atom is 0.0711 e. The lowest BCUT2D eigenvalue weighted by Crippen LogP contribution is -2.36. The largest absolute Gasteiger partial charge is 0.398 e. The predicted octanol–water partition coefficient (Wildman–Crippen LogP) is 11.5. The minimum atomic E-state index is -0.381. The van der Waals surface area contributed by atoms with Gasteiger partial charge in [0.15, 0.2) is 0 Å². The van der Waals surface area contributed by atoms with Gasteiger partial charge in [0, 0.05) is 23.4 Å². The smallest absolute Gasteiger partial charge is 0.0711 e. The third kappa shape index (κ3) is 5.63. The summed E-state index contributed by atoms with van der Waals surface area (Å²) in [6, 6.07) is 58.3. The Labute approximate surface area is 295 Å². The van der Waals surface area contributed by atoms with Crippen LogP contribution in [0.5, 0.6) is 0 Å². The molecular weight excluding hydrogens is 605 g/mol. The molecule has 50 heavy (non-hydrogen) atoms. The molecule has 0 saturated heterocycles. The highest BCUT2D eigenvalue weighted by atomic mass is 14.7. The standard InChI is InChI=1S/C48H40N2/c49-45(36-20-7-2-8-21-36)34-38(35-18-5-1-6-19-35)32-33-50-46-31-17-30-44(47(46)37-22-9-3-10-23-37)48(39-24-11-4-12-25-39)42-28-15-13-26-40(42)41-27-14-16-29-43(41)48/h1-13,15-26,28-34,41,43H,14,27,49H2. The van der Waals surface area contributed by atoms with Gasteiger partial charge in [-0.15, -0.1) is 0 Å². The summed E-state index contributed by atoms with van der Waals surface area (Å²) in [5, 5.41) is 0. The first-order valence-electron chi connectivity index (χ1n) is 17.6. The maximum atomic E-state index is 6.64. The molecule has 2 heteroatoms. The average molecular weight is 645 g/mol. The highest BCUT2D eigenvalue weighted by molar-refractivity contribution is 5.94. The summed E-state index contributed by atoms with van der Waals surface area (Å²) < 4.78 is 0. The molecule has 0 amide bonds. The topological polar surface area (TPSA) is 38.4 Å². The van der Waals surface area contributed by atoms with Gasteiger partial charge in [-0.1, -0.05) is 170 Å². The van der Waals surface area contributed by atoms with Crippen molar-refractivity contribution in [2.45, 2.75) is 24.2 Å². The van der Waals surface area contributed by atoms with Crippen molar-refractivity contribution in [1.82, 2.24) is 0 Å². The van der Waals surface area contributed by atoms with Crippen molar-refractivity contribution in [3.63, 3.8) is 0 Å². The number of allylic oxidation sites excluding steroid dienone is 5. The van der Waals surface area contributed by atoms with E-state index < -0.39 is 0 Å². The highest BCUT2D eigenvalue weighted by Crippen LogP contribution is 2.62. The fourth-order valence-electron chi connectivity index (χ4n) is 8.34. The van der Waals surface area contributed by atoms with Crippen LogP contribution in [0.25, 0.3) is 22.4 Å². The number of nitrogens with zero attached hydrogens (tertiary/aromatic N) is 1. The molecule has 0 radical (unpaired) electrons. The van der Waals surface area contributed by atoms with Crippen LogP contribution in [0.1, 0.15) is 52.1 Å². The molecule has 2 N–H and O–H groups in total. The van der Waals surface area contributed by atoms with Crippen molar-refractivity contribution >= 4 is 23.2 Å². The second-order valence-corrected chi connectivity index (χ2v) is 13.2. The molecule has 8 rings (SSSR count). The van der Waals surface area contributed by atoms with E-state index in [0.717, 1.165) is 46.4 Å². The number of rotatable bonds is 8. The summed E-state index contributed by atoms with van der Waals surface area (Å²) in [5.74, 6) is 0.735. The molecule has 0 aromatic heterocycles. The van der Waals surface area contributed by atoms with Gasteiger partial charge in [-0.3, -0.25) is 4.99 Å². The average Bonchev–Trinajstić information content (AvgIpc) is 3.50. The van der Waals surface area contributed by atoms with E-state index in [1.165, 1.54) is 22.3 Å². The lowest BCUT2D eigenvalue weighted by atomic mass is 9.61. The van der Waals surface area contributed by atoms with Gasteiger partial charge in [0.25, 0.3) is 0 Å². The van der Waals surface area contributed by atoms with Gasteiger partial charge in [0.1, 0.15) is 0 Å². The number of hydrogen-bond donors (Lipinski definition) is 1. The maximum absolute atomic E-state index is 6.64. The van der Waals surface area contributed by atoms with Crippen LogP contribution >= 0.6 is 0 Å². The van der Waals surface area contributed by atoms with Crippen LogP contribution in [0.2, 0.25) is 0 Å². The summed E-state index contributed by atoms with van der Waals surface area (Å²) in [7, 11) is 0. The van der Waals surface area contributed by atoms with Crippen LogP contribution in [-0.4, -0.2) is 6.21 Å². The monoisotopic (exact) mass is 644 g/mol. The van der Waals surface area contributed by atoms with Gasteiger partial charge >= 0.3 is 0 Å². The highest BCUT2D eigenvalue weighted by Gasteiger charge is 2.54. The first-order valence-corrected chi connectivity index (χ1v) is 17.6. The molecule has 2 aliphatic rings. The van der Waals surface area contributed by atoms with Crippen molar-refractivity contribution in [3.05, 3.63) is 221 Å². The van der Waals surface area contributed by atoms with Crippen molar-refractivity contribution in [2.24, 2.45) is 16.6 Å². The molecule has 0 fully saturated rings. The minimum absolute atomic E-state index is 0.286. The Balaban J connectivity index is 1.34. The summed E-state index contributed by atoms with van der Waals surface area (Å²) >= 11 is 0. The third-order valence-electron chi connectivity index (χ3n) is 10.5. The fraction of sp³-hybridized carbons (Fsp3) is 0.104. The zero-order valence-corrected chi connectivity index (χ0v) is 28.1. The molecule has 2 aliphatic carbocycles. The molecular formula is C48H40N2. The minimum Gasteiger partial charge on any atom is -0.398 e. The normalized spacial score (nSPS) is 20.1. The summed E-state index contributed by atoms with van der Waals surface area (Å²) in [6.07, 6.45) is 13.2. The second-order valence-electron chi connectivity index (χ2n) is 13.2. The lowest BCUT2D eigenvalue weighted by Gasteiger charge is -2.41. The Morgan fingerprint density at radius 3 is 2.00 bits per heavy atom. The summed E-state index contributed by atoms with van der Waals surface area (Å²) in [5.41, 5.74) is 18.8.